The number of rotatable bonds is 5. The summed E-state index contributed by atoms with van der Waals surface area (Å²) in [6.07, 6.45) is -5.03. The fourth-order valence-corrected chi connectivity index (χ4v) is 7.27. The van der Waals surface area contributed by atoms with Crippen LogP contribution in [0.2, 0.25) is 0 Å². The van der Waals surface area contributed by atoms with E-state index in [1.165, 1.54) is 20.0 Å². The fourth-order valence-electron chi connectivity index (χ4n) is 6.95. The van der Waals surface area contributed by atoms with Crippen molar-refractivity contribution in [3.63, 3.8) is 0 Å². The van der Waals surface area contributed by atoms with Gasteiger partial charge >= 0.3 is 5.97 Å². The molecule has 0 amide bonds. The van der Waals surface area contributed by atoms with E-state index in [1.807, 2.05) is 32.8 Å². The first kappa shape index (κ1) is 39.8. The molecule has 0 aromatic heterocycles. The van der Waals surface area contributed by atoms with Crippen LogP contribution in [0.1, 0.15) is 74.7 Å². The van der Waals surface area contributed by atoms with Crippen LogP contribution in [0.4, 0.5) is 0 Å². The molecule has 13 heteroatoms. The Balaban J connectivity index is 2.63. The largest absolute Gasteiger partial charge is 0.459 e. The minimum Gasteiger partial charge on any atom is -0.459 e. The summed E-state index contributed by atoms with van der Waals surface area (Å²) >= 11 is 5.61. The highest BCUT2D eigenvalue weighted by molar-refractivity contribution is 7.80. The van der Waals surface area contributed by atoms with Crippen LogP contribution in [0.25, 0.3) is 0 Å². The van der Waals surface area contributed by atoms with Crippen LogP contribution >= 0.6 is 12.2 Å². The Morgan fingerprint density at radius 2 is 1.76 bits per heavy atom. The zero-order valence-corrected chi connectivity index (χ0v) is 29.5. The molecule has 2 heterocycles. The van der Waals surface area contributed by atoms with Crippen LogP contribution in [0.3, 0.4) is 0 Å². The summed E-state index contributed by atoms with van der Waals surface area (Å²) in [5, 5.41) is 61.1. The molecule has 45 heavy (non-hydrogen) atoms. The number of carbonyl (C=O) groups excluding carboxylic acids is 1. The van der Waals surface area contributed by atoms with Gasteiger partial charge in [0.25, 0.3) is 0 Å². The standard InChI is InChI=1S/C32H59N3O9S/c1-12-23-32(9,41)26(38)21(7)35(30(45)33-13-2)16-17(3)15-31(8,40)27(19(5)24(36)20(6)28(39)43-23)44-29-25(37)22(34(10)11)14-18(4)42-29/h13,17-27,29,36-38,40-41H,2,12,14-16H2,1,3-11H3,(H,33,45)/t17-,18-,19+,20-,21-,22+,23-,24?,25-,26-,27-,29+,31?,32-/m1/s1. The number of likely N-dealkylation sites (N-methyl/N-ethyl adjacent to an activating group) is 1. The maximum absolute atomic E-state index is 13.4. The van der Waals surface area contributed by atoms with Crippen LogP contribution < -0.4 is 5.32 Å². The van der Waals surface area contributed by atoms with Gasteiger partial charge in [0.15, 0.2) is 11.4 Å². The molecule has 12 nitrogen and oxygen atoms in total. The minimum atomic E-state index is -1.88. The Kier molecular flexibility index (Phi) is 14.2. The topological polar surface area (TPSA) is 164 Å². The molecular weight excluding hydrogens is 602 g/mol. The van der Waals surface area contributed by atoms with Crippen molar-refractivity contribution >= 4 is 23.3 Å². The van der Waals surface area contributed by atoms with E-state index in [9.17, 15) is 30.3 Å². The van der Waals surface area contributed by atoms with Gasteiger partial charge in [-0.1, -0.05) is 27.4 Å². The lowest BCUT2D eigenvalue weighted by molar-refractivity contribution is -0.299. The number of nitrogens with zero attached hydrogens (tertiary/aromatic N) is 2. The zero-order valence-electron chi connectivity index (χ0n) is 28.7. The molecule has 2 rings (SSSR count). The van der Waals surface area contributed by atoms with Crippen molar-refractivity contribution in [2.24, 2.45) is 17.8 Å². The second kappa shape index (κ2) is 16.1. The van der Waals surface area contributed by atoms with Crippen molar-refractivity contribution in [3.05, 3.63) is 12.8 Å². The molecule has 0 aromatic carbocycles. The van der Waals surface area contributed by atoms with Crippen LogP contribution in [0.5, 0.6) is 0 Å². The molecule has 2 saturated heterocycles. The minimum absolute atomic E-state index is 0.146. The number of carbonyl (C=O) groups is 1. The van der Waals surface area contributed by atoms with Gasteiger partial charge in [-0.2, -0.15) is 0 Å². The molecule has 2 fully saturated rings. The molecule has 2 aliphatic rings. The van der Waals surface area contributed by atoms with E-state index in [1.54, 1.807) is 32.6 Å². The number of cyclic esters (lactones) is 1. The first-order chi connectivity index (χ1) is 20.7. The summed E-state index contributed by atoms with van der Waals surface area (Å²) in [7, 11) is 3.72. The van der Waals surface area contributed by atoms with Crippen LogP contribution in [-0.4, -0.2) is 133 Å². The van der Waals surface area contributed by atoms with Crippen molar-refractivity contribution < 1.29 is 44.5 Å². The molecular formula is C32H59N3O9S. The lowest BCUT2D eigenvalue weighted by atomic mass is 9.78. The van der Waals surface area contributed by atoms with Crippen molar-refractivity contribution in [2.45, 2.75) is 141 Å². The SMILES string of the molecule is C=CNC(=S)N1C[C@H](C)CC(C)(O)[C@H](O[C@@H]2O[C@H](C)C[C@H](N(C)C)[C@H]2O)[C@@H](C)C(O)[C@@H](C)C(=O)O[C@H](CC)[C@@](C)(O)[C@H](O)[C@H]1C. The van der Waals surface area contributed by atoms with E-state index in [-0.39, 0.29) is 42.6 Å². The number of aliphatic hydroxyl groups is 5. The first-order valence-corrected chi connectivity index (χ1v) is 16.5. The van der Waals surface area contributed by atoms with Crippen LogP contribution in [-0.2, 0) is 19.0 Å². The van der Waals surface area contributed by atoms with Gasteiger partial charge in [-0.15, -0.1) is 0 Å². The van der Waals surface area contributed by atoms with Gasteiger partial charge in [-0.3, -0.25) is 4.79 Å². The van der Waals surface area contributed by atoms with Gasteiger partial charge < -0.3 is 54.9 Å². The van der Waals surface area contributed by atoms with Crippen LogP contribution in [0, 0.1) is 17.8 Å². The summed E-state index contributed by atoms with van der Waals surface area (Å²) in [6.45, 7) is 17.4. The highest BCUT2D eigenvalue weighted by atomic mass is 32.1. The summed E-state index contributed by atoms with van der Waals surface area (Å²) < 4.78 is 18.2. The monoisotopic (exact) mass is 661 g/mol. The molecule has 0 saturated carbocycles. The molecule has 0 aromatic rings. The third kappa shape index (κ3) is 9.35. The second-order valence-corrected chi connectivity index (χ2v) is 14.4. The maximum Gasteiger partial charge on any atom is 0.311 e. The predicted octanol–water partition coefficient (Wildman–Crippen LogP) is 1.36. The van der Waals surface area contributed by atoms with Crippen LogP contribution in [0.15, 0.2) is 12.8 Å². The molecule has 2 aliphatic heterocycles. The maximum atomic E-state index is 13.4. The van der Waals surface area contributed by atoms with E-state index in [4.69, 9.17) is 26.4 Å². The lowest BCUT2D eigenvalue weighted by Gasteiger charge is -2.47. The van der Waals surface area contributed by atoms with Crippen molar-refractivity contribution in [2.75, 3.05) is 20.6 Å². The third-order valence-electron chi connectivity index (χ3n) is 9.66. The number of hydrogen-bond donors (Lipinski definition) is 6. The van der Waals surface area contributed by atoms with Crippen molar-refractivity contribution in [1.82, 2.24) is 15.1 Å². The van der Waals surface area contributed by atoms with Gasteiger partial charge in [0.1, 0.15) is 23.9 Å². The fraction of sp³-hybridized carbons (Fsp3) is 0.875. The number of esters is 1. The average Bonchev–Trinajstić information content (AvgIpc) is 2.95. The zero-order chi connectivity index (χ0) is 34.6. The predicted molar refractivity (Wildman–Crippen MR) is 175 cm³/mol. The van der Waals surface area contributed by atoms with Gasteiger partial charge in [-0.25, -0.2) is 0 Å². The Bertz CT molecular complexity index is 999. The van der Waals surface area contributed by atoms with E-state index in [0.717, 1.165) is 0 Å². The first-order valence-electron chi connectivity index (χ1n) is 16.1. The summed E-state index contributed by atoms with van der Waals surface area (Å²) in [5.74, 6) is -2.97. The number of aliphatic hydroxyl groups excluding tert-OH is 3. The normalized spacial score (nSPS) is 44.4. The third-order valence-corrected chi connectivity index (χ3v) is 10.0. The van der Waals surface area contributed by atoms with Crippen molar-refractivity contribution in [3.8, 4) is 0 Å². The van der Waals surface area contributed by atoms with Gasteiger partial charge in [0.05, 0.1) is 35.9 Å². The number of ether oxygens (including phenoxy) is 3. The molecule has 0 bridgehead atoms. The lowest BCUT2D eigenvalue weighted by Crippen LogP contribution is -2.61. The van der Waals surface area contributed by atoms with E-state index < -0.39 is 71.9 Å². The molecule has 2 unspecified atom stereocenters. The molecule has 0 radical (unpaired) electrons. The van der Waals surface area contributed by atoms with E-state index >= 15 is 0 Å². The smallest absolute Gasteiger partial charge is 0.311 e. The summed E-state index contributed by atoms with van der Waals surface area (Å²) in [5.41, 5.74) is -3.48. The molecule has 262 valence electrons. The summed E-state index contributed by atoms with van der Waals surface area (Å²) in [4.78, 5) is 17.0. The van der Waals surface area contributed by atoms with Gasteiger partial charge in [0.2, 0.25) is 0 Å². The second-order valence-electron chi connectivity index (χ2n) is 14.0. The molecule has 6 N–H and O–H groups in total. The van der Waals surface area contributed by atoms with E-state index in [0.29, 0.717) is 6.42 Å². The Hall–Kier alpha value is -1.42. The van der Waals surface area contributed by atoms with Gasteiger partial charge in [-0.05, 0) is 92.3 Å². The molecule has 0 aliphatic carbocycles. The summed E-state index contributed by atoms with van der Waals surface area (Å²) in [6, 6.07) is -1.02. The number of nitrogens with one attached hydrogen (secondary N) is 1. The molecule has 0 spiro atoms. The quantitative estimate of drug-likeness (QED) is 0.185. The average molecular weight is 662 g/mol. The Labute approximate surface area is 274 Å². The Morgan fingerprint density at radius 1 is 1.16 bits per heavy atom. The highest BCUT2D eigenvalue weighted by Gasteiger charge is 2.50. The van der Waals surface area contributed by atoms with Gasteiger partial charge in [0, 0.05) is 18.5 Å². The Morgan fingerprint density at radius 3 is 2.29 bits per heavy atom. The highest BCUT2D eigenvalue weighted by Crippen LogP contribution is 2.36. The van der Waals surface area contributed by atoms with Crippen molar-refractivity contribution in [1.29, 1.82) is 0 Å². The number of thiocarbonyl (C=S) groups is 1. The number of hydrogen-bond acceptors (Lipinski definition) is 11. The molecule has 14 atom stereocenters. The van der Waals surface area contributed by atoms with E-state index in [2.05, 4.69) is 11.9 Å².